The average molecular weight is 277 g/mol. The van der Waals surface area contributed by atoms with Gasteiger partial charge in [-0.05, 0) is 25.5 Å². The number of para-hydroxylation sites is 1. The van der Waals surface area contributed by atoms with Crippen LogP contribution in [0.25, 0.3) is 0 Å². The van der Waals surface area contributed by atoms with Crippen molar-refractivity contribution in [1.29, 1.82) is 0 Å². The van der Waals surface area contributed by atoms with Crippen LogP contribution in [0.3, 0.4) is 0 Å². The van der Waals surface area contributed by atoms with Gasteiger partial charge < -0.3 is 14.4 Å². The molecule has 0 spiro atoms. The summed E-state index contributed by atoms with van der Waals surface area (Å²) < 4.78 is 10.9. The van der Waals surface area contributed by atoms with Crippen LogP contribution in [0.4, 0.5) is 0 Å². The molecule has 1 saturated heterocycles. The third-order valence-corrected chi connectivity index (χ3v) is 3.33. The average Bonchev–Trinajstić information content (AvgIpc) is 2.49. The largest absolute Gasteiger partial charge is 0.480 e. The maximum absolute atomic E-state index is 12.3. The minimum absolute atomic E-state index is 0.0756. The van der Waals surface area contributed by atoms with E-state index in [1.54, 1.807) is 24.0 Å². The van der Waals surface area contributed by atoms with Crippen molar-refractivity contribution in [3.8, 4) is 5.75 Å². The van der Waals surface area contributed by atoms with Crippen LogP contribution < -0.4 is 4.74 Å². The molecule has 1 fully saturated rings. The third kappa shape index (κ3) is 3.17. The zero-order valence-electron chi connectivity index (χ0n) is 11.8. The molecule has 0 saturated carbocycles. The van der Waals surface area contributed by atoms with Gasteiger partial charge in [-0.2, -0.15) is 0 Å². The van der Waals surface area contributed by atoms with Crippen molar-refractivity contribution in [3.05, 3.63) is 29.3 Å². The fourth-order valence-electron chi connectivity index (χ4n) is 2.20. The highest BCUT2D eigenvalue weighted by Gasteiger charge is 2.24. The summed E-state index contributed by atoms with van der Waals surface area (Å²) in [6.07, 6.45) is 0.127. The second kappa shape index (κ2) is 6.52. The predicted molar refractivity (Wildman–Crippen MR) is 74.1 cm³/mol. The zero-order valence-corrected chi connectivity index (χ0v) is 11.8. The molecule has 20 heavy (non-hydrogen) atoms. The summed E-state index contributed by atoms with van der Waals surface area (Å²) in [4.78, 5) is 25.0. The summed E-state index contributed by atoms with van der Waals surface area (Å²) in [6, 6.07) is 5.33. The van der Waals surface area contributed by atoms with Crippen LogP contribution in [0, 0.1) is 6.92 Å². The maximum atomic E-state index is 12.3. The van der Waals surface area contributed by atoms with Gasteiger partial charge in [-0.25, -0.2) is 0 Å². The highest BCUT2D eigenvalue weighted by Crippen LogP contribution is 2.23. The van der Waals surface area contributed by atoms with Crippen molar-refractivity contribution in [3.63, 3.8) is 0 Å². The Kier molecular flexibility index (Phi) is 4.74. The molecule has 1 aliphatic heterocycles. The van der Waals surface area contributed by atoms with Crippen molar-refractivity contribution in [2.45, 2.75) is 20.0 Å². The Balaban J connectivity index is 2.09. The third-order valence-electron chi connectivity index (χ3n) is 3.33. The van der Waals surface area contributed by atoms with Crippen LogP contribution in [-0.2, 0) is 9.53 Å². The Bertz CT molecular complexity index is 495. The number of hydrogen-bond donors (Lipinski definition) is 0. The molecule has 0 N–H and O–H groups in total. The first kappa shape index (κ1) is 14.5. The molecular weight excluding hydrogens is 258 g/mol. The zero-order chi connectivity index (χ0) is 14.5. The number of hydrogen-bond acceptors (Lipinski definition) is 4. The number of rotatable bonds is 4. The van der Waals surface area contributed by atoms with Gasteiger partial charge >= 0.3 is 0 Å². The molecule has 2 rings (SSSR count). The smallest absolute Gasteiger partial charge is 0.263 e. The molecule has 108 valence electrons. The van der Waals surface area contributed by atoms with E-state index in [4.69, 9.17) is 9.47 Å². The molecule has 0 bridgehead atoms. The first-order valence-electron chi connectivity index (χ1n) is 6.71. The van der Waals surface area contributed by atoms with E-state index in [1.165, 1.54) is 0 Å². The molecular formula is C15H19NO4. The molecule has 1 amide bonds. The van der Waals surface area contributed by atoms with Gasteiger partial charge in [0, 0.05) is 13.1 Å². The van der Waals surface area contributed by atoms with Crippen molar-refractivity contribution < 1.29 is 19.1 Å². The van der Waals surface area contributed by atoms with Gasteiger partial charge in [0.15, 0.2) is 12.4 Å². The highest BCUT2D eigenvalue weighted by molar-refractivity contribution is 5.83. The SMILES string of the molecule is Cc1cccc(C=O)c1OC(C)C(=O)N1CCOCC1. The number of aldehydes is 1. The van der Waals surface area contributed by atoms with Gasteiger partial charge in [-0.1, -0.05) is 12.1 Å². The summed E-state index contributed by atoms with van der Waals surface area (Å²) in [5.41, 5.74) is 1.31. The number of benzene rings is 1. The normalized spacial score (nSPS) is 16.6. The van der Waals surface area contributed by atoms with E-state index in [0.717, 1.165) is 11.8 Å². The van der Waals surface area contributed by atoms with Gasteiger partial charge in [0.25, 0.3) is 5.91 Å². The lowest BCUT2D eigenvalue weighted by molar-refractivity contribution is -0.142. The Morgan fingerprint density at radius 2 is 2.10 bits per heavy atom. The fourth-order valence-corrected chi connectivity index (χ4v) is 2.20. The molecule has 1 atom stereocenters. The number of carbonyl (C=O) groups is 2. The Hall–Kier alpha value is -1.88. The molecule has 1 heterocycles. The predicted octanol–water partition coefficient (Wildman–Crippen LogP) is 1.43. The van der Waals surface area contributed by atoms with E-state index in [2.05, 4.69) is 0 Å². The maximum Gasteiger partial charge on any atom is 0.263 e. The van der Waals surface area contributed by atoms with Gasteiger partial charge in [0.05, 0.1) is 18.8 Å². The molecule has 5 heteroatoms. The summed E-state index contributed by atoms with van der Waals surface area (Å²) >= 11 is 0. The first-order chi connectivity index (χ1) is 9.63. The number of nitrogens with zero attached hydrogens (tertiary/aromatic N) is 1. The van der Waals surface area contributed by atoms with Gasteiger partial charge in [-0.15, -0.1) is 0 Å². The summed E-state index contributed by atoms with van der Waals surface area (Å²) in [6.45, 7) is 5.85. The molecule has 1 unspecified atom stereocenters. The lowest BCUT2D eigenvalue weighted by atomic mass is 10.1. The van der Waals surface area contributed by atoms with Crippen LogP contribution in [0.15, 0.2) is 18.2 Å². The van der Waals surface area contributed by atoms with E-state index in [0.29, 0.717) is 37.6 Å². The molecule has 5 nitrogen and oxygen atoms in total. The first-order valence-corrected chi connectivity index (χ1v) is 6.71. The molecule has 0 radical (unpaired) electrons. The Labute approximate surface area is 118 Å². The standard InChI is InChI=1S/C15H19NO4/c1-11-4-3-5-13(10-17)14(11)20-12(2)15(18)16-6-8-19-9-7-16/h3-5,10,12H,6-9H2,1-2H3. The van der Waals surface area contributed by atoms with Crippen molar-refractivity contribution in [2.24, 2.45) is 0 Å². The van der Waals surface area contributed by atoms with E-state index in [-0.39, 0.29) is 5.91 Å². The fraction of sp³-hybridized carbons (Fsp3) is 0.467. The molecule has 0 aliphatic carbocycles. The minimum Gasteiger partial charge on any atom is -0.480 e. The number of aryl methyl sites for hydroxylation is 1. The van der Waals surface area contributed by atoms with Crippen LogP contribution in [0.1, 0.15) is 22.8 Å². The summed E-state index contributed by atoms with van der Waals surface area (Å²) in [5, 5.41) is 0. The molecule has 1 aromatic carbocycles. The quantitative estimate of drug-likeness (QED) is 0.781. The van der Waals surface area contributed by atoms with Crippen LogP contribution in [0.5, 0.6) is 5.75 Å². The van der Waals surface area contributed by atoms with Crippen LogP contribution in [0.2, 0.25) is 0 Å². The van der Waals surface area contributed by atoms with Crippen LogP contribution >= 0.6 is 0 Å². The van der Waals surface area contributed by atoms with Gasteiger partial charge in [0.2, 0.25) is 0 Å². The molecule has 1 aromatic rings. The van der Waals surface area contributed by atoms with Crippen molar-refractivity contribution >= 4 is 12.2 Å². The molecule has 1 aliphatic rings. The van der Waals surface area contributed by atoms with Crippen molar-refractivity contribution in [2.75, 3.05) is 26.3 Å². The van der Waals surface area contributed by atoms with E-state index >= 15 is 0 Å². The number of ether oxygens (including phenoxy) is 2. The summed E-state index contributed by atoms with van der Waals surface area (Å²) in [5.74, 6) is 0.407. The Morgan fingerprint density at radius 3 is 2.75 bits per heavy atom. The molecule has 0 aromatic heterocycles. The number of amides is 1. The number of carbonyl (C=O) groups excluding carboxylic acids is 2. The lowest BCUT2D eigenvalue weighted by Crippen LogP contribution is -2.46. The van der Waals surface area contributed by atoms with Gasteiger partial charge in [-0.3, -0.25) is 9.59 Å². The highest BCUT2D eigenvalue weighted by atomic mass is 16.5. The monoisotopic (exact) mass is 277 g/mol. The van der Waals surface area contributed by atoms with Crippen molar-refractivity contribution in [1.82, 2.24) is 4.90 Å². The Morgan fingerprint density at radius 1 is 1.40 bits per heavy atom. The number of morpholine rings is 1. The second-order valence-corrected chi connectivity index (χ2v) is 4.81. The van der Waals surface area contributed by atoms with Gasteiger partial charge in [0.1, 0.15) is 5.75 Å². The topological polar surface area (TPSA) is 55.8 Å². The summed E-state index contributed by atoms with van der Waals surface area (Å²) in [7, 11) is 0. The minimum atomic E-state index is -0.618. The lowest BCUT2D eigenvalue weighted by Gasteiger charge is -2.29. The van der Waals surface area contributed by atoms with E-state index < -0.39 is 6.10 Å². The van der Waals surface area contributed by atoms with E-state index in [9.17, 15) is 9.59 Å². The van der Waals surface area contributed by atoms with Crippen LogP contribution in [-0.4, -0.2) is 49.5 Å². The van der Waals surface area contributed by atoms with E-state index in [1.807, 2.05) is 13.0 Å². The second-order valence-electron chi connectivity index (χ2n) is 4.81.